The van der Waals surface area contributed by atoms with Gasteiger partial charge in [0, 0.05) is 5.56 Å². The Labute approximate surface area is 82.0 Å². The number of aromatic nitrogens is 1. The summed E-state index contributed by atoms with van der Waals surface area (Å²) in [6.45, 7) is 0. The zero-order chi connectivity index (χ0) is 11.6. The number of carboxylic acids is 1. The highest BCUT2D eigenvalue weighted by Gasteiger charge is 2.19. The average molecular weight is 221 g/mol. The number of nitrogens with zero attached hydrogens (tertiary/aromatic N) is 1. The number of alkyl halides is 2. The lowest BCUT2D eigenvalue weighted by Gasteiger charge is -2.06. The Hall–Kier alpha value is -1.79. The zero-order valence-electron chi connectivity index (χ0n) is 7.25. The third-order valence-corrected chi connectivity index (χ3v) is 1.62. The number of aliphatic carboxylic acids is 1. The highest BCUT2D eigenvalue weighted by Crippen LogP contribution is 2.27. The van der Waals surface area contributed by atoms with Crippen molar-refractivity contribution in [2.24, 2.45) is 0 Å². The fourth-order valence-corrected chi connectivity index (χ4v) is 1.00. The van der Waals surface area contributed by atoms with E-state index in [0.29, 0.717) is 6.07 Å². The second-order valence-electron chi connectivity index (χ2n) is 2.71. The van der Waals surface area contributed by atoms with Crippen molar-refractivity contribution in [1.82, 2.24) is 4.98 Å². The van der Waals surface area contributed by atoms with Gasteiger partial charge in [-0.1, -0.05) is 0 Å². The van der Waals surface area contributed by atoms with Gasteiger partial charge in [-0.3, -0.25) is 4.79 Å². The quantitative estimate of drug-likeness (QED) is 0.758. The molecule has 0 aliphatic rings. The first-order valence-corrected chi connectivity index (χ1v) is 3.80. The van der Waals surface area contributed by atoms with E-state index < -0.39 is 41.8 Å². The molecule has 0 amide bonds. The predicted molar refractivity (Wildman–Crippen MR) is 42.2 cm³/mol. The normalized spacial score (nSPS) is 10.7. The summed E-state index contributed by atoms with van der Waals surface area (Å²) in [5, 5.41) is 17.2. The van der Waals surface area contributed by atoms with Gasteiger partial charge in [0.25, 0.3) is 12.4 Å². The minimum Gasteiger partial charge on any atom is -0.504 e. The van der Waals surface area contributed by atoms with Crippen LogP contribution in [-0.4, -0.2) is 21.2 Å². The standard InChI is InChI=1S/C8H6F3NO3/c9-7(10)3-1-5(13)8(11)12-4(3)2-6(14)15/h1,7,13H,2H2,(H,14,15). The topological polar surface area (TPSA) is 70.4 Å². The maximum absolute atomic E-state index is 12.7. The summed E-state index contributed by atoms with van der Waals surface area (Å²) in [6, 6.07) is 0.477. The maximum atomic E-state index is 12.7. The summed E-state index contributed by atoms with van der Waals surface area (Å²) in [4.78, 5) is 13.2. The average Bonchev–Trinajstić information content (AvgIpc) is 2.09. The number of hydrogen-bond acceptors (Lipinski definition) is 3. The van der Waals surface area contributed by atoms with Crippen LogP contribution in [0.25, 0.3) is 0 Å². The Morgan fingerprint density at radius 3 is 2.60 bits per heavy atom. The lowest BCUT2D eigenvalue weighted by molar-refractivity contribution is -0.136. The van der Waals surface area contributed by atoms with Crippen LogP contribution >= 0.6 is 0 Å². The minimum atomic E-state index is -3.02. The number of rotatable bonds is 3. The largest absolute Gasteiger partial charge is 0.504 e. The highest BCUT2D eigenvalue weighted by atomic mass is 19.3. The van der Waals surface area contributed by atoms with Crippen molar-refractivity contribution in [3.8, 4) is 5.75 Å². The highest BCUT2D eigenvalue weighted by molar-refractivity contribution is 5.70. The van der Waals surface area contributed by atoms with Crippen molar-refractivity contribution in [1.29, 1.82) is 0 Å². The van der Waals surface area contributed by atoms with Gasteiger partial charge in [0.05, 0.1) is 12.1 Å². The predicted octanol–water partition coefficient (Wildman–Crippen LogP) is 1.49. The van der Waals surface area contributed by atoms with E-state index in [1.165, 1.54) is 0 Å². The Kier molecular flexibility index (Phi) is 3.13. The van der Waals surface area contributed by atoms with E-state index in [-0.39, 0.29) is 0 Å². The molecule has 7 heteroatoms. The molecule has 0 saturated carbocycles. The zero-order valence-corrected chi connectivity index (χ0v) is 7.25. The SMILES string of the molecule is O=C(O)Cc1nc(F)c(O)cc1C(F)F. The number of hydrogen-bond donors (Lipinski definition) is 2. The van der Waals surface area contributed by atoms with Gasteiger partial charge < -0.3 is 10.2 Å². The molecule has 0 aliphatic carbocycles. The molecular formula is C8H6F3NO3. The van der Waals surface area contributed by atoms with E-state index in [0.717, 1.165) is 0 Å². The van der Waals surface area contributed by atoms with Gasteiger partial charge in [0.1, 0.15) is 0 Å². The molecule has 1 aromatic heterocycles. The Morgan fingerprint density at radius 2 is 2.13 bits per heavy atom. The molecule has 0 bridgehead atoms. The van der Waals surface area contributed by atoms with Crippen LogP contribution in [0.2, 0.25) is 0 Å². The summed E-state index contributed by atoms with van der Waals surface area (Å²) in [7, 11) is 0. The van der Waals surface area contributed by atoms with Crippen LogP contribution in [0.5, 0.6) is 5.75 Å². The molecule has 0 aliphatic heterocycles. The Morgan fingerprint density at radius 1 is 1.53 bits per heavy atom. The second kappa shape index (κ2) is 4.16. The fourth-order valence-electron chi connectivity index (χ4n) is 1.00. The second-order valence-corrected chi connectivity index (χ2v) is 2.71. The van der Waals surface area contributed by atoms with E-state index in [1.807, 2.05) is 0 Å². The molecule has 2 N–H and O–H groups in total. The first-order chi connectivity index (χ1) is 6.91. The molecule has 82 valence electrons. The van der Waals surface area contributed by atoms with Gasteiger partial charge in [0.2, 0.25) is 0 Å². The van der Waals surface area contributed by atoms with Crippen molar-refractivity contribution in [2.45, 2.75) is 12.8 Å². The molecule has 0 spiro atoms. The number of carboxylic acid groups (broad SMARTS) is 1. The van der Waals surface area contributed by atoms with Gasteiger partial charge in [-0.2, -0.15) is 4.39 Å². The van der Waals surface area contributed by atoms with Crippen molar-refractivity contribution in [3.63, 3.8) is 0 Å². The molecule has 0 aromatic carbocycles. The van der Waals surface area contributed by atoms with Gasteiger partial charge in [-0.25, -0.2) is 13.8 Å². The molecule has 1 rings (SSSR count). The van der Waals surface area contributed by atoms with E-state index >= 15 is 0 Å². The lowest BCUT2D eigenvalue weighted by Crippen LogP contribution is -2.08. The van der Waals surface area contributed by atoms with Crippen LogP contribution < -0.4 is 0 Å². The van der Waals surface area contributed by atoms with Gasteiger partial charge in [0.15, 0.2) is 5.75 Å². The Bertz CT molecular complexity index is 395. The number of carbonyl (C=O) groups is 1. The van der Waals surface area contributed by atoms with Crippen LogP contribution in [0.3, 0.4) is 0 Å². The number of halogens is 3. The summed E-state index contributed by atoms with van der Waals surface area (Å²) in [5.41, 5.74) is -1.37. The Balaban J connectivity index is 3.21. The molecule has 0 atom stereocenters. The molecule has 0 fully saturated rings. The summed E-state index contributed by atoms with van der Waals surface area (Å²) < 4.78 is 37.3. The van der Waals surface area contributed by atoms with Crippen LogP contribution in [0.1, 0.15) is 17.7 Å². The van der Waals surface area contributed by atoms with Crippen molar-refractivity contribution < 1.29 is 28.2 Å². The number of aromatic hydroxyl groups is 1. The van der Waals surface area contributed by atoms with Crippen molar-refractivity contribution in [3.05, 3.63) is 23.3 Å². The third kappa shape index (κ3) is 2.58. The molecule has 1 aromatic rings. The van der Waals surface area contributed by atoms with E-state index in [1.54, 1.807) is 0 Å². The lowest BCUT2D eigenvalue weighted by atomic mass is 10.1. The third-order valence-electron chi connectivity index (χ3n) is 1.62. The van der Waals surface area contributed by atoms with Crippen molar-refractivity contribution >= 4 is 5.97 Å². The summed E-state index contributed by atoms with van der Waals surface area (Å²) in [5.74, 6) is -3.80. The van der Waals surface area contributed by atoms with Gasteiger partial charge in [-0.15, -0.1) is 0 Å². The summed E-state index contributed by atoms with van der Waals surface area (Å²) in [6.07, 6.45) is -3.84. The monoisotopic (exact) mass is 221 g/mol. The molecule has 15 heavy (non-hydrogen) atoms. The summed E-state index contributed by atoms with van der Waals surface area (Å²) >= 11 is 0. The molecule has 1 heterocycles. The van der Waals surface area contributed by atoms with Crippen LogP contribution in [0.4, 0.5) is 13.2 Å². The maximum Gasteiger partial charge on any atom is 0.309 e. The molecular weight excluding hydrogens is 215 g/mol. The van der Waals surface area contributed by atoms with E-state index in [2.05, 4.69) is 4.98 Å². The van der Waals surface area contributed by atoms with E-state index in [4.69, 9.17) is 10.2 Å². The molecule has 4 nitrogen and oxygen atoms in total. The first kappa shape index (κ1) is 11.3. The first-order valence-electron chi connectivity index (χ1n) is 3.80. The van der Waals surface area contributed by atoms with Crippen LogP contribution in [0.15, 0.2) is 6.07 Å². The smallest absolute Gasteiger partial charge is 0.309 e. The molecule has 0 unspecified atom stereocenters. The van der Waals surface area contributed by atoms with Gasteiger partial charge >= 0.3 is 5.97 Å². The van der Waals surface area contributed by atoms with Gasteiger partial charge in [-0.05, 0) is 6.07 Å². The number of pyridine rings is 1. The van der Waals surface area contributed by atoms with Crippen LogP contribution in [0, 0.1) is 5.95 Å². The fraction of sp³-hybridized carbons (Fsp3) is 0.250. The molecule has 0 saturated heterocycles. The van der Waals surface area contributed by atoms with Crippen molar-refractivity contribution in [2.75, 3.05) is 0 Å². The van der Waals surface area contributed by atoms with Crippen LogP contribution in [-0.2, 0) is 11.2 Å². The van der Waals surface area contributed by atoms with E-state index in [9.17, 15) is 18.0 Å². The minimum absolute atomic E-state index is 0.477. The molecule has 0 radical (unpaired) electrons.